The first-order valence-electron chi connectivity index (χ1n) is 12.7. The molecule has 36 heavy (non-hydrogen) atoms. The van der Waals surface area contributed by atoms with Gasteiger partial charge in [-0.25, -0.2) is 0 Å². The van der Waals surface area contributed by atoms with Crippen molar-refractivity contribution in [3.8, 4) is 6.07 Å². The van der Waals surface area contributed by atoms with E-state index in [0.29, 0.717) is 48.8 Å². The maximum atomic E-state index is 13.0. The third-order valence-corrected chi connectivity index (χ3v) is 7.94. The molecular formula is C29H35Cl2N3O2. The summed E-state index contributed by atoms with van der Waals surface area (Å²) in [5, 5.41) is 14.1. The molecule has 1 heterocycles. The summed E-state index contributed by atoms with van der Waals surface area (Å²) in [7, 11) is 0. The molecule has 1 aliphatic heterocycles. The number of carbonyl (C=O) groups is 2. The zero-order valence-corrected chi connectivity index (χ0v) is 22.8. The van der Waals surface area contributed by atoms with Crippen molar-refractivity contribution in [2.45, 2.75) is 77.3 Å². The van der Waals surface area contributed by atoms with E-state index >= 15 is 0 Å². The Bertz CT molecular complexity index is 1090. The van der Waals surface area contributed by atoms with Crippen molar-refractivity contribution in [1.82, 2.24) is 10.2 Å². The molecule has 192 valence electrons. The van der Waals surface area contributed by atoms with Crippen LogP contribution in [0.3, 0.4) is 0 Å². The predicted molar refractivity (Wildman–Crippen MR) is 145 cm³/mol. The molecule has 2 aromatic rings. The highest BCUT2D eigenvalue weighted by Crippen LogP contribution is 2.37. The summed E-state index contributed by atoms with van der Waals surface area (Å²) in [5.41, 5.74) is 2.20. The monoisotopic (exact) mass is 527 g/mol. The van der Waals surface area contributed by atoms with Gasteiger partial charge in [-0.2, -0.15) is 5.26 Å². The van der Waals surface area contributed by atoms with Gasteiger partial charge in [0, 0.05) is 29.6 Å². The van der Waals surface area contributed by atoms with Gasteiger partial charge in [0.1, 0.15) is 6.04 Å². The van der Waals surface area contributed by atoms with Crippen LogP contribution in [0.5, 0.6) is 0 Å². The predicted octanol–water partition coefficient (Wildman–Crippen LogP) is 6.59. The van der Waals surface area contributed by atoms with Crippen LogP contribution < -0.4 is 5.32 Å². The van der Waals surface area contributed by atoms with Crippen LogP contribution in [0.15, 0.2) is 42.5 Å². The fourth-order valence-electron chi connectivity index (χ4n) is 5.16. The molecule has 0 aromatic heterocycles. The number of rotatable bonds is 10. The molecule has 0 radical (unpaired) electrons. The Labute approximate surface area is 224 Å². The molecule has 5 nitrogen and oxygen atoms in total. The number of hydrogen-bond donors (Lipinski definition) is 1. The van der Waals surface area contributed by atoms with E-state index in [0.717, 1.165) is 29.5 Å². The molecule has 0 aliphatic carbocycles. The SMILES string of the molecule is Cc1cc(Cl)cc(Cl)c1CNC(=O)[C@H]1CCCN1C(=O)CCCCC(C#N)(c1ccccc1)C(C)C. The van der Waals surface area contributed by atoms with Crippen molar-refractivity contribution in [2.75, 3.05) is 6.54 Å². The highest BCUT2D eigenvalue weighted by molar-refractivity contribution is 6.35. The topological polar surface area (TPSA) is 73.2 Å². The lowest BCUT2D eigenvalue weighted by atomic mass is 9.69. The van der Waals surface area contributed by atoms with E-state index in [1.165, 1.54) is 0 Å². The molecule has 2 amide bonds. The van der Waals surface area contributed by atoms with Gasteiger partial charge in [-0.05, 0) is 67.3 Å². The number of halogens is 2. The molecule has 0 bridgehead atoms. The van der Waals surface area contributed by atoms with Crippen molar-refractivity contribution in [3.05, 3.63) is 69.2 Å². The number of unbranched alkanes of at least 4 members (excludes halogenated alkanes) is 1. The molecule has 0 saturated carbocycles. The number of hydrogen-bond acceptors (Lipinski definition) is 3. The molecule has 2 aromatic carbocycles. The summed E-state index contributed by atoms with van der Waals surface area (Å²) in [5.74, 6) is 0.00358. The first-order valence-corrected chi connectivity index (χ1v) is 13.4. The van der Waals surface area contributed by atoms with Crippen molar-refractivity contribution < 1.29 is 9.59 Å². The number of aryl methyl sites for hydroxylation is 1. The molecule has 1 fully saturated rings. The summed E-state index contributed by atoms with van der Waals surface area (Å²) < 4.78 is 0. The lowest BCUT2D eigenvalue weighted by Crippen LogP contribution is -2.45. The van der Waals surface area contributed by atoms with Gasteiger partial charge in [0.25, 0.3) is 0 Å². The van der Waals surface area contributed by atoms with Crippen molar-refractivity contribution in [3.63, 3.8) is 0 Å². The molecule has 3 rings (SSSR count). The smallest absolute Gasteiger partial charge is 0.243 e. The lowest BCUT2D eigenvalue weighted by Gasteiger charge is -2.31. The highest BCUT2D eigenvalue weighted by atomic mass is 35.5. The Hall–Kier alpha value is -2.55. The molecule has 1 saturated heterocycles. The van der Waals surface area contributed by atoms with Crippen LogP contribution in [0.25, 0.3) is 0 Å². The lowest BCUT2D eigenvalue weighted by molar-refractivity contribution is -0.138. The number of nitriles is 1. The van der Waals surface area contributed by atoms with Crippen LogP contribution in [0.2, 0.25) is 10.0 Å². The Balaban J connectivity index is 1.54. The second kappa shape index (κ2) is 12.6. The van der Waals surface area contributed by atoms with Crippen LogP contribution in [0.4, 0.5) is 0 Å². The fraction of sp³-hybridized carbons (Fsp3) is 0.483. The number of carbonyl (C=O) groups excluding carboxylic acids is 2. The van der Waals surface area contributed by atoms with Gasteiger partial charge in [-0.1, -0.05) is 73.8 Å². The largest absolute Gasteiger partial charge is 0.350 e. The van der Waals surface area contributed by atoms with Gasteiger partial charge < -0.3 is 10.2 Å². The van der Waals surface area contributed by atoms with E-state index in [9.17, 15) is 14.9 Å². The van der Waals surface area contributed by atoms with Gasteiger partial charge in [-0.3, -0.25) is 9.59 Å². The Morgan fingerprint density at radius 2 is 1.92 bits per heavy atom. The summed E-state index contributed by atoms with van der Waals surface area (Å²) in [6.45, 7) is 6.95. The zero-order valence-electron chi connectivity index (χ0n) is 21.3. The van der Waals surface area contributed by atoms with E-state index in [4.69, 9.17) is 23.2 Å². The van der Waals surface area contributed by atoms with Crippen LogP contribution in [0, 0.1) is 24.2 Å². The van der Waals surface area contributed by atoms with Gasteiger partial charge in [0.2, 0.25) is 11.8 Å². The standard InChI is InChI=1S/C29H35Cl2N3O2/c1-20(2)29(19-32,22-10-5-4-6-11-22)14-8-7-13-27(35)34-15-9-12-26(34)28(36)33-18-24-21(3)16-23(30)17-25(24)31/h4-6,10-11,16-17,20,26H,7-9,12-15,18H2,1-3H3,(H,33,36)/t26-,29?/m1/s1. The van der Waals surface area contributed by atoms with Gasteiger partial charge >= 0.3 is 0 Å². The van der Waals surface area contributed by atoms with E-state index in [2.05, 4.69) is 25.2 Å². The average molecular weight is 529 g/mol. The molecule has 1 unspecified atom stereocenters. The summed E-state index contributed by atoms with van der Waals surface area (Å²) in [6, 6.07) is 15.5. The highest BCUT2D eigenvalue weighted by Gasteiger charge is 2.36. The van der Waals surface area contributed by atoms with Crippen molar-refractivity contribution >= 4 is 35.0 Å². The zero-order chi connectivity index (χ0) is 26.3. The van der Waals surface area contributed by atoms with E-state index in [1.54, 1.807) is 11.0 Å². The second-order valence-electron chi connectivity index (χ2n) is 9.96. The normalized spacial score (nSPS) is 17.0. The second-order valence-corrected chi connectivity index (χ2v) is 10.8. The number of nitrogens with one attached hydrogen (secondary N) is 1. The first kappa shape index (κ1) is 28.0. The van der Waals surface area contributed by atoms with Gasteiger partial charge in [0.15, 0.2) is 0 Å². The third kappa shape index (κ3) is 6.41. The van der Waals surface area contributed by atoms with Crippen molar-refractivity contribution in [2.24, 2.45) is 5.92 Å². The number of amides is 2. The van der Waals surface area contributed by atoms with E-state index in [1.807, 2.05) is 43.3 Å². The molecule has 7 heteroatoms. The number of likely N-dealkylation sites (tertiary alicyclic amines) is 1. The quantitative estimate of drug-likeness (QED) is 0.354. The van der Waals surface area contributed by atoms with Gasteiger partial charge in [-0.15, -0.1) is 0 Å². The molecule has 2 atom stereocenters. The maximum absolute atomic E-state index is 13.0. The minimum absolute atomic E-state index is 0.000159. The first-order chi connectivity index (χ1) is 17.2. The summed E-state index contributed by atoms with van der Waals surface area (Å²) >= 11 is 12.4. The number of benzene rings is 2. The molecule has 1 aliphatic rings. The maximum Gasteiger partial charge on any atom is 0.243 e. The molecule has 0 spiro atoms. The van der Waals surface area contributed by atoms with Gasteiger partial charge in [0.05, 0.1) is 11.5 Å². The molecular weight excluding hydrogens is 493 g/mol. The van der Waals surface area contributed by atoms with Crippen LogP contribution >= 0.6 is 23.2 Å². The average Bonchev–Trinajstić information content (AvgIpc) is 3.34. The summed E-state index contributed by atoms with van der Waals surface area (Å²) in [6.07, 6.45) is 3.99. The molecule has 1 N–H and O–H groups in total. The summed E-state index contributed by atoms with van der Waals surface area (Å²) in [4.78, 5) is 27.7. The Kier molecular flexibility index (Phi) is 9.82. The third-order valence-electron chi connectivity index (χ3n) is 7.38. The van der Waals surface area contributed by atoms with Crippen molar-refractivity contribution in [1.29, 1.82) is 5.26 Å². The Morgan fingerprint density at radius 3 is 2.56 bits per heavy atom. The minimum Gasteiger partial charge on any atom is -0.350 e. The van der Waals surface area contributed by atoms with Crippen LogP contribution in [-0.2, 0) is 21.5 Å². The van der Waals surface area contributed by atoms with E-state index in [-0.39, 0.29) is 17.7 Å². The fourth-order valence-corrected chi connectivity index (χ4v) is 5.82. The number of nitrogens with zero attached hydrogens (tertiary/aromatic N) is 2. The minimum atomic E-state index is -0.568. The Morgan fingerprint density at radius 1 is 1.19 bits per heavy atom. The van der Waals surface area contributed by atoms with Crippen LogP contribution in [-0.4, -0.2) is 29.3 Å². The van der Waals surface area contributed by atoms with E-state index < -0.39 is 11.5 Å². The van der Waals surface area contributed by atoms with Crippen LogP contribution in [0.1, 0.15) is 69.1 Å².